The third-order valence-corrected chi connectivity index (χ3v) is 7.01. The van der Waals surface area contributed by atoms with Gasteiger partial charge < -0.3 is 9.80 Å². The number of aryl methyl sites for hydroxylation is 1. The van der Waals surface area contributed by atoms with Gasteiger partial charge in [0.15, 0.2) is 0 Å². The number of hydrogen-bond donors (Lipinski definition) is 0. The fourth-order valence-electron chi connectivity index (χ4n) is 4.97. The quantitative estimate of drug-likeness (QED) is 0.582. The summed E-state index contributed by atoms with van der Waals surface area (Å²) in [6.45, 7) is 8.12. The standard InChI is InChI=1S/C28H33N5O/c1-22-9-11-24(12-10-22)26-18-29-28(30-19-26)33-13-5-8-25(21-33)27(34)32-16-14-31(15-17-32)20-23-6-3-2-4-7-23/h2-4,6-7,9-12,18-19,25H,5,8,13-17,20-21H2,1H3/t25-/m0/s1. The van der Waals surface area contributed by atoms with Crippen molar-refractivity contribution >= 4 is 11.9 Å². The number of piperazine rings is 1. The lowest BCUT2D eigenvalue weighted by Crippen LogP contribution is -2.52. The molecule has 6 nitrogen and oxygen atoms in total. The van der Waals surface area contributed by atoms with E-state index in [0.29, 0.717) is 12.5 Å². The lowest BCUT2D eigenvalue weighted by Gasteiger charge is -2.39. The minimum absolute atomic E-state index is 0.0230. The zero-order chi connectivity index (χ0) is 23.3. The van der Waals surface area contributed by atoms with Crippen LogP contribution in [0.4, 0.5) is 5.95 Å². The smallest absolute Gasteiger partial charge is 0.227 e. The van der Waals surface area contributed by atoms with Crippen molar-refractivity contribution in [3.8, 4) is 11.1 Å². The van der Waals surface area contributed by atoms with Gasteiger partial charge in [-0.15, -0.1) is 0 Å². The van der Waals surface area contributed by atoms with E-state index in [-0.39, 0.29) is 5.92 Å². The Hall–Kier alpha value is -3.25. The molecule has 176 valence electrons. The molecule has 0 spiro atoms. The molecule has 1 atom stereocenters. The van der Waals surface area contributed by atoms with Crippen molar-refractivity contribution in [2.75, 3.05) is 44.2 Å². The molecule has 34 heavy (non-hydrogen) atoms. The summed E-state index contributed by atoms with van der Waals surface area (Å²) in [5.74, 6) is 1.04. The molecule has 0 aliphatic carbocycles. The molecule has 0 N–H and O–H groups in total. The van der Waals surface area contributed by atoms with Crippen LogP contribution >= 0.6 is 0 Å². The maximum absolute atomic E-state index is 13.3. The van der Waals surface area contributed by atoms with E-state index in [4.69, 9.17) is 0 Å². The molecule has 5 rings (SSSR count). The topological polar surface area (TPSA) is 52.6 Å². The molecule has 2 fully saturated rings. The van der Waals surface area contributed by atoms with Crippen LogP contribution in [0, 0.1) is 12.8 Å². The Morgan fingerprint density at radius 3 is 2.29 bits per heavy atom. The van der Waals surface area contributed by atoms with E-state index in [1.165, 1.54) is 11.1 Å². The van der Waals surface area contributed by atoms with Crippen LogP contribution in [0.1, 0.15) is 24.0 Å². The van der Waals surface area contributed by atoms with Crippen LogP contribution in [0.15, 0.2) is 67.0 Å². The molecular weight excluding hydrogens is 422 g/mol. The summed E-state index contributed by atoms with van der Waals surface area (Å²) in [5.41, 5.74) is 4.71. The van der Waals surface area contributed by atoms with Crippen molar-refractivity contribution < 1.29 is 4.79 Å². The maximum atomic E-state index is 13.3. The predicted molar refractivity (Wildman–Crippen MR) is 135 cm³/mol. The lowest BCUT2D eigenvalue weighted by molar-refractivity contribution is -0.137. The zero-order valence-corrected chi connectivity index (χ0v) is 19.9. The highest BCUT2D eigenvalue weighted by Crippen LogP contribution is 2.24. The summed E-state index contributed by atoms with van der Waals surface area (Å²) in [7, 11) is 0. The number of anilines is 1. The first kappa shape index (κ1) is 22.5. The van der Waals surface area contributed by atoms with E-state index in [0.717, 1.165) is 69.2 Å². The largest absolute Gasteiger partial charge is 0.340 e. The second-order valence-electron chi connectivity index (χ2n) is 9.51. The molecule has 6 heteroatoms. The van der Waals surface area contributed by atoms with E-state index in [1.807, 2.05) is 12.4 Å². The average molecular weight is 456 g/mol. The molecule has 1 amide bonds. The molecule has 0 unspecified atom stereocenters. The minimum atomic E-state index is 0.0230. The fourth-order valence-corrected chi connectivity index (χ4v) is 4.97. The van der Waals surface area contributed by atoms with Crippen LogP contribution < -0.4 is 4.90 Å². The van der Waals surface area contributed by atoms with Gasteiger partial charge >= 0.3 is 0 Å². The normalized spacial score (nSPS) is 19.3. The monoisotopic (exact) mass is 455 g/mol. The number of piperidine rings is 1. The summed E-state index contributed by atoms with van der Waals surface area (Å²) >= 11 is 0. The van der Waals surface area contributed by atoms with Crippen LogP contribution in [-0.2, 0) is 11.3 Å². The Balaban J connectivity index is 1.16. The highest BCUT2D eigenvalue weighted by molar-refractivity contribution is 5.80. The van der Waals surface area contributed by atoms with Crippen molar-refractivity contribution in [2.24, 2.45) is 5.92 Å². The SMILES string of the molecule is Cc1ccc(-c2cnc(N3CCC[C@H](C(=O)N4CCN(Cc5ccccc5)CC4)C3)nc2)cc1. The van der Waals surface area contributed by atoms with E-state index in [1.54, 1.807) is 0 Å². The Morgan fingerprint density at radius 1 is 0.882 bits per heavy atom. The van der Waals surface area contributed by atoms with Gasteiger partial charge in [-0.05, 0) is 30.9 Å². The van der Waals surface area contributed by atoms with Gasteiger partial charge in [-0.3, -0.25) is 9.69 Å². The number of aromatic nitrogens is 2. The van der Waals surface area contributed by atoms with E-state index >= 15 is 0 Å². The first-order valence-corrected chi connectivity index (χ1v) is 12.3. The first-order valence-electron chi connectivity index (χ1n) is 12.3. The molecular formula is C28H33N5O. The van der Waals surface area contributed by atoms with Crippen LogP contribution in [0.25, 0.3) is 11.1 Å². The summed E-state index contributed by atoms with van der Waals surface area (Å²) in [4.78, 5) is 29.3. The third kappa shape index (κ3) is 5.28. The molecule has 0 saturated carbocycles. The van der Waals surface area contributed by atoms with Crippen molar-refractivity contribution in [2.45, 2.75) is 26.3 Å². The fraction of sp³-hybridized carbons (Fsp3) is 0.393. The number of amides is 1. The summed E-state index contributed by atoms with van der Waals surface area (Å²) in [6, 6.07) is 19.0. The van der Waals surface area contributed by atoms with Crippen molar-refractivity contribution in [3.05, 3.63) is 78.1 Å². The Labute approximate surface area is 202 Å². The number of rotatable bonds is 5. The van der Waals surface area contributed by atoms with Gasteiger partial charge in [-0.25, -0.2) is 9.97 Å². The second kappa shape index (κ2) is 10.3. The van der Waals surface area contributed by atoms with Crippen LogP contribution in [0.3, 0.4) is 0 Å². The van der Waals surface area contributed by atoms with Crippen molar-refractivity contribution in [1.29, 1.82) is 0 Å². The Kier molecular flexibility index (Phi) is 6.86. The Bertz CT molecular complexity index is 1080. The lowest BCUT2D eigenvalue weighted by atomic mass is 9.96. The molecule has 0 radical (unpaired) electrons. The molecule has 2 saturated heterocycles. The van der Waals surface area contributed by atoms with Crippen molar-refractivity contribution in [1.82, 2.24) is 19.8 Å². The minimum Gasteiger partial charge on any atom is -0.340 e. The second-order valence-corrected chi connectivity index (χ2v) is 9.51. The summed E-state index contributed by atoms with van der Waals surface area (Å²) < 4.78 is 0. The number of carbonyl (C=O) groups excluding carboxylic acids is 1. The van der Waals surface area contributed by atoms with E-state index in [2.05, 4.69) is 86.2 Å². The molecule has 2 aromatic carbocycles. The van der Waals surface area contributed by atoms with Gasteiger partial charge in [0, 0.05) is 63.8 Å². The molecule has 1 aromatic heterocycles. The van der Waals surface area contributed by atoms with Gasteiger partial charge in [-0.2, -0.15) is 0 Å². The van der Waals surface area contributed by atoms with Gasteiger partial charge in [-0.1, -0.05) is 60.2 Å². The third-order valence-electron chi connectivity index (χ3n) is 7.01. The number of carbonyl (C=O) groups is 1. The molecule has 3 aromatic rings. The maximum Gasteiger partial charge on any atom is 0.227 e. The Morgan fingerprint density at radius 2 is 1.59 bits per heavy atom. The van der Waals surface area contributed by atoms with E-state index < -0.39 is 0 Å². The van der Waals surface area contributed by atoms with Crippen LogP contribution in [-0.4, -0.2) is 64.9 Å². The number of nitrogens with zero attached hydrogens (tertiary/aromatic N) is 5. The van der Waals surface area contributed by atoms with Crippen LogP contribution in [0.5, 0.6) is 0 Å². The zero-order valence-electron chi connectivity index (χ0n) is 19.9. The number of hydrogen-bond acceptors (Lipinski definition) is 5. The first-order chi connectivity index (χ1) is 16.7. The van der Waals surface area contributed by atoms with Crippen LogP contribution in [0.2, 0.25) is 0 Å². The van der Waals surface area contributed by atoms with Crippen molar-refractivity contribution in [3.63, 3.8) is 0 Å². The van der Waals surface area contributed by atoms with Gasteiger partial charge in [0.25, 0.3) is 0 Å². The number of benzene rings is 2. The summed E-state index contributed by atoms with van der Waals surface area (Å²) in [6.07, 6.45) is 5.73. The van der Waals surface area contributed by atoms with Gasteiger partial charge in [0.2, 0.25) is 11.9 Å². The molecule has 2 aliphatic rings. The molecule has 2 aliphatic heterocycles. The van der Waals surface area contributed by atoms with Gasteiger partial charge in [0.1, 0.15) is 0 Å². The summed E-state index contributed by atoms with van der Waals surface area (Å²) in [5, 5.41) is 0. The molecule has 3 heterocycles. The highest BCUT2D eigenvalue weighted by Gasteiger charge is 2.31. The molecule has 0 bridgehead atoms. The van der Waals surface area contributed by atoms with Gasteiger partial charge in [0.05, 0.1) is 5.92 Å². The highest BCUT2D eigenvalue weighted by atomic mass is 16.2. The predicted octanol–water partition coefficient (Wildman–Crippen LogP) is 4.01. The average Bonchev–Trinajstić information content (AvgIpc) is 2.90. The van der Waals surface area contributed by atoms with E-state index in [9.17, 15) is 4.79 Å².